The number of hydrogen-bond donors (Lipinski definition) is 2. The number of aryl methyl sites for hydroxylation is 1. The minimum absolute atomic E-state index is 0.00549. The molecule has 4 aromatic rings. The number of carbonyl (C=O) groups is 1. The van der Waals surface area contributed by atoms with Crippen LogP contribution in [0.25, 0.3) is 32.8 Å². The number of likely N-dealkylation sites (tertiary alicyclic amines) is 1. The molecule has 1 atom stereocenters. The highest BCUT2D eigenvalue weighted by atomic mass is 16.3. The van der Waals surface area contributed by atoms with Gasteiger partial charge in [-0.1, -0.05) is 42.0 Å². The molecule has 4 heteroatoms. The molecule has 0 spiro atoms. The van der Waals surface area contributed by atoms with E-state index in [9.17, 15) is 9.90 Å². The monoisotopic (exact) mass is 370 g/mol. The van der Waals surface area contributed by atoms with Gasteiger partial charge in [0, 0.05) is 41.3 Å². The van der Waals surface area contributed by atoms with Crippen LogP contribution in [-0.2, 0) is 0 Å². The number of rotatable bonds is 2. The number of fused-ring (bicyclic) bond motifs is 2. The lowest BCUT2D eigenvalue weighted by Crippen LogP contribution is -2.29. The van der Waals surface area contributed by atoms with Crippen LogP contribution in [0.4, 0.5) is 0 Å². The molecule has 0 aliphatic carbocycles. The number of aromatic amines is 1. The number of aromatic nitrogens is 1. The number of benzene rings is 3. The van der Waals surface area contributed by atoms with Crippen LogP contribution >= 0.6 is 0 Å². The molecular formula is C24H22N2O2. The Balaban J connectivity index is 1.68. The lowest BCUT2D eigenvalue weighted by Gasteiger charge is -2.18. The van der Waals surface area contributed by atoms with Crippen LogP contribution in [0, 0.1) is 6.92 Å². The quantitative estimate of drug-likeness (QED) is 0.546. The van der Waals surface area contributed by atoms with E-state index in [1.165, 1.54) is 10.9 Å². The first-order chi connectivity index (χ1) is 13.6. The third-order valence-corrected chi connectivity index (χ3v) is 5.73. The highest BCUT2D eigenvalue weighted by Crippen LogP contribution is 2.36. The van der Waals surface area contributed by atoms with Gasteiger partial charge in [-0.2, -0.15) is 0 Å². The number of aliphatic hydroxyl groups is 1. The van der Waals surface area contributed by atoms with Gasteiger partial charge < -0.3 is 15.0 Å². The van der Waals surface area contributed by atoms with Crippen molar-refractivity contribution in [1.82, 2.24) is 9.88 Å². The molecule has 28 heavy (non-hydrogen) atoms. The predicted molar refractivity (Wildman–Crippen MR) is 113 cm³/mol. The zero-order valence-corrected chi connectivity index (χ0v) is 15.8. The fraction of sp³-hybridized carbons (Fsp3) is 0.208. The summed E-state index contributed by atoms with van der Waals surface area (Å²) in [7, 11) is 0. The van der Waals surface area contributed by atoms with Gasteiger partial charge in [-0.3, -0.25) is 4.79 Å². The summed E-state index contributed by atoms with van der Waals surface area (Å²) in [5.41, 5.74) is 5.29. The summed E-state index contributed by atoms with van der Waals surface area (Å²) in [5.74, 6) is -0.00549. The van der Waals surface area contributed by atoms with Gasteiger partial charge in [0.05, 0.1) is 6.10 Å². The summed E-state index contributed by atoms with van der Waals surface area (Å²) in [6.07, 6.45) is 2.28. The molecule has 3 aromatic carbocycles. The zero-order valence-electron chi connectivity index (χ0n) is 15.8. The van der Waals surface area contributed by atoms with Crippen LogP contribution in [0.5, 0.6) is 0 Å². The molecule has 0 bridgehead atoms. The lowest BCUT2D eigenvalue weighted by atomic mass is 9.94. The molecule has 5 rings (SSSR count). The largest absolute Gasteiger partial charge is 0.391 e. The second-order valence-electron chi connectivity index (χ2n) is 7.65. The van der Waals surface area contributed by atoms with E-state index < -0.39 is 6.10 Å². The number of hydrogen-bond acceptors (Lipinski definition) is 2. The predicted octanol–water partition coefficient (Wildman–Crippen LogP) is 4.50. The van der Waals surface area contributed by atoms with Crippen LogP contribution in [0.2, 0.25) is 0 Å². The Hall–Kier alpha value is -3.11. The van der Waals surface area contributed by atoms with Crippen molar-refractivity contribution in [1.29, 1.82) is 0 Å². The maximum absolute atomic E-state index is 13.1. The minimum Gasteiger partial charge on any atom is -0.391 e. The zero-order chi connectivity index (χ0) is 19.3. The molecule has 0 unspecified atom stereocenters. The van der Waals surface area contributed by atoms with Crippen LogP contribution in [0.3, 0.4) is 0 Å². The van der Waals surface area contributed by atoms with Crippen molar-refractivity contribution in [3.63, 3.8) is 0 Å². The topological polar surface area (TPSA) is 56.3 Å². The number of β-amino-alcohol motifs (C(OH)–C–C–N with tert-alkyl or cyclic N) is 1. The molecular weight excluding hydrogens is 348 g/mol. The Labute approximate surface area is 163 Å². The summed E-state index contributed by atoms with van der Waals surface area (Å²) in [6.45, 7) is 3.12. The number of aliphatic hydroxyl groups excluding tert-OH is 1. The molecule has 0 saturated carbocycles. The SMILES string of the molecule is Cc1ccc2[nH]cc(-c3ccc(C(=O)N4CC[C@H](O)C4)c4ccccc34)c2c1. The van der Waals surface area contributed by atoms with Gasteiger partial charge in [0.25, 0.3) is 5.91 Å². The third-order valence-electron chi connectivity index (χ3n) is 5.73. The van der Waals surface area contributed by atoms with E-state index in [1.807, 2.05) is 36.5 Å². The number of nitrogens with zero attached hydrogens (tertiary/aromatic N) is 1. The van der Waals surface area contributed by atoms with Crippen molar-refractivity contribution in [3.05, 3.63) is 71.9 Å². The normalized spacial score (nSPS) is 16.9. The summed E-state index contributed by atoms with van der Waals surface area (Å²) in [5, 5.41) is 13.0. The van der Waals surface area contributed by atoms with Gasteiger partial charge >= 0.3 is 0 Å². The van der Waals surface area contributed by atoms with Gasteiger partial charge in [0.1, 0.15) is 0 Å². The highest BCUT2D eigenvalue weighted by Gasteiger charge is 2.26. The van der Waals surface area contributed by atoms with Crippen molar-refractivity contribution < 1.29 is 9.90 Å². The van der Waals surface area contributed by atoms with E-state index in [1.54, 1.807) is 4.90 Å². The highest BCUT2D eigenvalue weighted by molar-refractivity contribution is 6.13. The average Bonchev–Trinajstić information content (AvgIpc) is 3.32. The first-order valence-corrected chi connectivity index (χ1v) is 9.69. The van der Waals surface area contributed by atoms with Gasteiger partial charge in [0.2, 0.25) is 0 Å². The van der Waals surface area contributed by atoms with E-state index in [2.05, 4.69) is 36.2 Å². The molecule has 2 heterocycles. The molecule has 1 amide bonds. The lowest BCUT2D eigenvalue weighted by molar-refractivity contribution is 0.0767. The number of nitrogens with one attached hydrogen (secondary N) is 1. The van der Waals surface area contributed by atoms with E-state index in [4.69, 9.17) is 0 Å². The molecule has 1 fully saturated rings. The second kappa shape index (κ2) is 6.50. The molecule has 1 saturated heterocycles. The Morgan fingerprint density at radius 2 is 1.86 bits per heavy atom. The van der Waals surface area contributed by atoms with E-state index in [-0.39, 0.29) is 5.91 Å². The molecule has 140 valence electrons. The third kappa shape index (κ3) is 2.69. The maximum Gasteiger partial charge on any atom is 0.254 e. The summed E-state index contributed by atoms with van der Waals surface area (Å²) in [6, 6.07) is 18.5. The van der Waals surface area contributed by atoms with Crippen LogP contribution < -0.4 is 0 Å². The number of H-pyrrole nitrogens is 1. The number of amides is 1. The van der Waals surface area contributed by atoms with Crippen LogP contribution in [0.15, 0.2) is 60.8 Å². The Bertz CT molecular complexity index is 1210. The first kappa shape index (κ1) is 17.0. The summed E-state index contributed by atoms with van der Waals surface area (Å²) >= 11 is 0. The van der Waals surface area contributed by atoms with Crippen molar-refractivity contribution in [2.24, 2.45) is 0 Å². The summed E-state index contributed by atoms with van der Waals surface area (Å²) in [4.78, 5) is 18.2. The van der Waals surface area contributed by atoms with Gasteiger partial charge in [-0.25, -0.2) is 0 Å². The Morgan fingerprint density at radius 1 is 1.04 bits per heavy atom. The fourth-order valence-corrected chi connectivity index (χ4v) is 4.27. The van der Waals surface area contributed by atoms with E-state index >= 15 is 0 Å². The van der Waals surface area contributed by atoms with E-state index in [0.717, 1.165) is 27.4 Å². The van der Waals surface area contributed by atoms with Crippen molar-refractivity contribution in [2.75, 3.05) is 13.1 Å². The van der Waals surface area contributed by atoms with Gasteiger partial charge in [-0.05, 0) is 47.9 Å². The Morgan fingerprint density at radius 3 is 2.64 bits per heavy atom. The smallest absolute Gasteiger partial charge is 0.254 e. The molecule has 1 aromatic heterocycles. The maximum atomic E-state index is 13.1. The van der Waals surface area contributed by atoms with Gasteiger partial charge in [0.15, 0.2) is 0 Å². The molecule has 1 aliphatic heterocycles. The van der Waals surface area contributed by atoms with Crippen LogP contribution in [-0.4, -0.2) is 40.1 Å². The molecule has 4 nitrogen and oxygen atoms in total. The standard InChI is InChI=1S/C24H22N2O2/c1-15-6-9-23-21(12-15)22(13-25-23)19-7-8-20(18-5-3-2-4-17(18)19)24(28)26-11-10-16(27)14-26/h2-9,12-13,16,25,27H,10-11,14H2,1H3/t16-/m0/s1. The Kier molecular flexibility index (Phi) is 3.95. The van der Waals surface area contributed by atoms with Crippen molar-refractivity contribution >= 4 is 27.6 Å². The molecule has 2 N–H and O–H groups in total. The second-order valence-corrected chi connectivity index (χ2v) is 7.65. The number of carbonyl (C=O) groups excluding carboxylic acids is 1. The van der Waals surface area contributed by atoms with Crippen molar-refractivity contribution in [3.8, 4) is 11.1 Å². The average molecular weight is 370 g/mol. The van der Waals surface area contributed by atoms with E-state index in [0.29, 0.717) is 25.1 Å². The van der Waals surface area contributed by atoms with Gasteiger partial charge in [-0.15, -0.1) is 0 Å². The van der Waals surface area contributed by atoms with Crippen LogP contribution in [0.1, 0.15) is 22.3 Å². The first-order valence-electron chi connectivity index (χ1n) is 9.69. The summed E-state index contributed by atoms with van der Waals surface area (Å²) < 4.78 is 0. The molecule has 0 radical (unpaired) electrons. The van der Waals surface area contributed by atoms with Crippen molar-refractivity contribution in [2.45, 2.75) is 19.4 Å². The molecule has 1 aliphatic rings. The fourth-order valence-electron chi connectivity index (χ4n) is 4.27. The minimum atomic E-state index is -0.413.